The van der Waals surface area contributed by atoms with Gasteiger partial charge in [0.1, 0.15) is 11.2 Å². The first-order valence-electron chi connectivity index (χ1n) is 19.8. The molecule has 0 radical (unpaired) electrons. The van der Waals surface area contributed by atoms with Gasteiger partial charge in [-0.3, -0.25) is 0 Å². The minimum absolute atomic E-state index is 0.889. The van der Waals surface area contributed by atoms with E-state index in [2.05, 4.69) is 205 Å². The van der Waals surface area contributed by atoms with E-state index in [1.807, 2.05) is 18.2 Å². The van der Waals surface area contributed by atoms with E-state index in [-0.39, 0.29) is 0 Å². The third-order valence-electron chi connectivity index (χ3n) is 11.6. The molecule has 0 aliphatic carbocycles. The summed E-state index contributed by atoms with van der Waals surface area (Å²) in [5, 5.41) is 7.11. The van der Waals surface area contributed by atoms with Crippen molar-refractivity contribution in [2.75, 3.05) is 0 Å². The van der Waals surface area contributed by atoms with Crippen LogP contribution in [0.15, 0.2) is 211 Å². The van der Waals surface area contributed by atoms with Gasteiger partial charge in [0.2, 0.25) is 0 Å². The number of aromatic nitrogens is 2. The Labute approximate surface area is 336 Å². The molecule has 0 N–H and O–H groups in total. The molecule has 0 saturated heterocycles. The number of hydrogen-bond acceptors (Lipinski definition) is 1. The Hall–Kier alpha value is -7.62. The number of allylic oxidation sites excluding steroid dienone is 5. The van der Waals surface area contributed by atoms with E-state index in [9.17, 15) is 0 Å². The highest BCUT2D eigenvalue weighted by Gasteiger charge is 2.20. The Morgan fingerprint density at radius 3 is 1.91 bits per heavy atom. The minimum atomic E-state index is 0.889. The van der Waals surface area contributed by atoms with Crippen molar-refractivity contribution in [2.24, 2.45) is 0 Å². The molecule has 3 heteroatoms. The summed E-state index contributed by atoms with van der Waals surface area (Å²) in [6.45, 7) is 6.16. The molecule has 0 saturated carbocycles. The second-order valence-corrected chi connectivity index (χ2v) is 14.9. The zero-order chi connectivity index (χ0) is 38.7. The highest BCUT2D eigenvalue weighted by atomic mass is 16.3. The van der Waals surface area contributed by atoms with Crippen LogP contribution < -0.4 is 0 Å². The van der Waals surface area contributed by atoms with Gasteiger partial charge in [0.25, 0.3) is 0 Å². The van der Waals surface area contributed by atoms with Crippen molar-refractivity contribution in [3.05, 3.63) is 207 Å². The van der Waals surface area contributed by atoms with Crippen molar-refractivity contribution >= 4 is 71.2 Å². The van der Waals surface area contributed by atoms with Gasteiger partial charge in [-0.2, -0.15) is 0 Å². The molecule has 274 valence electrons. The normalized spacial score (nSPS) is 12.3. The zero-order valence-electron chi connectivity index (χ0n) is 32.1. The SMILES string of the molecule is C=C/C=C(\C=C/C)n1c2ccc(-c3ccc4c(c3)c3ccccc3n4-c3ccc4c(c3)oc3ccccc34)cc2c2c(-c3ccccc3)cc(-c3ccccc3)cc21. The molecule has 8 aromatic carbocycles. The largest absolute Gasteiger partial charge is 0.456 e. The van der Waals surface area contributed by atoms with Crippen molar-refractivity contribution in [1.29, 1.82) is 0 Å². The Kier molecular flexibility index (Phi) is 7.87. The second kappa shape index (κ2) is 13.5. The predicted molar refractivity (Wildman–Crippen MR) is 247 cm³/mol. The molecule has 3 heterocycles. The number of para-hydroxylation sites is 2. The van der Waals surface area contributed by atoms with Crippen LogP contribution >= 0.6 is 0 Å². The number of furan rings is 1. The number of fused-ring (bicyclic) bond motifs is 9. The van der Waals surface area contributed by atoms with E-state index >= 15 is 0 Å². The topological polar surface area (TPSA) is 23.0 Å². The molecule has 3 nitrogen and oxygen atoms in total. The van der Waals surface area contributed by atoms with Gasteiger partial charge < -0.3 is 13.6 Å². The molecule has 58 heavy (non-hydrogen) atoms. The van der Waals surface area contributed by atoms with E-state index < -0.39 is 0 Å². The first kappa shape index (κ1) is 33.7. The molecule has 0 amide bonds. The van der Waals surface area contributed by atoms with Crippen LogP contribution in [0.1, 0.15) is 6.92 Å². The van der Waals surface area contributed by atoms with Crippen molar-refractivity contribution in [3.8, 4) is 39.1 Å². The maximum Gasteiger partial charge on any atom is 0.137 e. The zero-order valence-corrected chi connectivity index (χ0v) is 32.1. The summed E-state index contributed by atoms with van der Waals surface area (Å²) in [5.41, 5.74) is 15.6. The van der Waals surface area contributed by atoms with Crippen LogP contribution in [0.25, 0.3) is 110 Å². The van der Waals surface area contributed by atoms with Crippen molar-refractivity contribution in [3.63, 3.8) is 0 Å². The fourth-order valence-corrected chi connectivity index (χ4v) is 9.03. The van der Waals surface area contributed by atoms with Crippen LogP contribution in [-0.2, 0) is 0 Å². The van der Waals surface area contributed by atoms with Crippen LogP contribution in [0.3, 0.4) is 0 Å². The number of rotatable bonds is 7. The summed E-state index contributed by atoms with van der Waals surface area (Å²) in [4.78, 5) is 0. The van der Waals surface area contributed by atoms with Gasteiger partial charge in [-0.25, -0.2) is 0 Å². The minimum Gasteiger partial charge on any atom is -0.456 e. The average Bonchev–Trinajstić information content (AvgIpc) is 3.93. The maximum absolute atomic E-state index is 6.34. The highest BCUT2D eigenvalue weighted by molar-refractivity contribution is 6.19. The lowest BCUT2D eigenvalue weighted by Crippen LogP contribution is -1.95. The van der Waals surface area contributed by atoms with E-state index in [1.165, 1.54) is 54.9 Å². The van der Waals surface area contributed by atoms with Crippen LogP contribution in [0, 0.1) is 0 Å². The van der Waals surface area contributed by atoms with Gasteiger partial charge in [0.15, 0.2) is 0 Å². The van der Waals surface area contributed by atoms with Gasteiger partial charge in [-0.1, -0.05) is 128 Å². The quantitative estimate of drug-likeness (QED) is 0.149. The fourth-order valence-electron chi connectivity index (χ4n) is 9.03. The van der Waals surface area contributed by atoms with Gasteiger partial charge in [-0.05, 0) is 113 Å². The van der Waals surface area contributed by atoms with Crippen LogP contribution in [0.2, 0.25) is 0 Å². The maximum atomic E-state index is 6.34. The summed E-state index contributed by atoms with van der Waals surface area (Å²) in [7, 11) is 0. The van der Waals surface area contributed by atoms with Gasteiger partial charge >= 0.3 is 0 Å². The standard InChI is InChI=1S/C55H38N2O/c1-3-15-41(16-4-2)56-51-30-26-39(32-48(51)55-46(37-19-9-6-10-20-37)33-40(34-52(55)56)36-17-7-5-8-18-36)38-25-29-50-47(31-38)43-21-11-13-23-49(43)57(50)42-27-28-45-44-22-12-14-24-53(44)58-54(45)35-42/h3-35H,1H2,2H3/b16-4-,41-15+. The van der Waals surface area contributed by atoms with E-state index in [0.29, 0.717) is 0 Å². The Morgan fingerprint density at radius 1 is 0.483 bits per heavy atom. The van der Waals surface area contributed by atoms with E-state index in [1.54, 1.807) is 0 Å². The van der Waals surface area contributed by atoms with E-state index in [4.69, 9.17) is 4.42 Å². The summed E-state index contributed by atoms with van der Waals surface area (Å²) >= 11 is 0. The van der Waals surface area contributed by atoms with Crippen molar-refractivity contribution in [1.82, 2.24) is 9.13 Å². The monoisotopic (exact) mass is 742 g/mol. The predicted octanol–water partition coefficient (Wildman–Crippen LogP) is 15.4. The molecule has 3 aromatic heterocycles. The Balaban J connectivity index is 1.15. The molecule has 0 atom stereocenters. The van der Waals surface area contributed by atoms with Gasteiger partial charge in [-0.15, -0.1) is 0 Å². The molecule has 0 unspecified atom stereocenters. The third kappa shape index (κ3) is 5.28. The lowest BCUT2D eigenvalue weighted by Gasteiger charge is -2.12. The molecule has 11 rings (SSSR count). The molecular formula is C55H38N2O. The van der Waals surface area contributed by atoms with Crippen LogP contribution in [-0.4, -0.2) is 9.13 Å². The van der Waals surface area contributed by atoms with Crippen molar-refractivity contribution < 1.29 is 4.42 Å². The van der Waals surface area contributed by atoms with Gasteiger partial charge in [0, 0.05) is 49.8 Å². The summed E-state index contributed by atoms with van der Waals surface area (Å²) in [5.74, 6) is 0. The molecule has 0 bridgehead atoms. The molecule has 0 aliphatic rings. The second-order valence-electron chi connectivity index (χ2n) is 14.9. The third-order valence-corrected chi connectivity index (χ3v) is 11.6. The van der Waals surface area contributed by atoms with Crippen LogP contribution in [0.5, 0.6) is 0 Å². The molecule has 0 spiro atoms. The summed E-state index contributed by atoms with van der Waals surface area (Å²) in [6, 6.07) is 63.6. The number of nitrogens with zero attached hydrogens (tertiary/aromatic N) is 2. The van der Waals surface area contributed by atoms with Crippen LogP contribution in [0.4, 0.5) is 0 Å². The molecular weight excluding hydrogens is 705 g/mol. The highest BCUT2D eigenvalue weighted by Crippen LogP contribution is 2.44. The van der Waals surface area contributed by atoms with Crippen molar-refractivity contribution in [2.45, 2.75) is 6.92 Å². The Bertz CT molecular complexity index is 3460. The Morgan fingerprint density at radius 2 is 1.14 bits per heavy atom. The summed E-state index contributed by atoms with van der Waals surface area (Å²) in [6.07, 6.45) is 8.24. The number of benzene rings is 8. The lowest BCUT2D eigenvalue weighted by molar-refractivity contribution is 0.668. The lowest BCUT2D eigenvalue weighted by atomic mass is 9.93. The molecule has 11 aromatic rings. The van der Waals surface area contributed by atoms with E-state index in [0.717, 1.165) is 55.4 Å². The first-order valence-corrected chi connectivity index (χ1v) is 19.8. The first-order chi connectivity index (χ1) is 28.7. The average molecular weight is 743 g/mol. The van der Waals surface area contributed by atoms with Gasteiger partial charge in [0.05, 0.1) is 22.1 Å². The summed E-state index contributed by atoms with van der Waals surface area (Å²) < 4.78 is 11.1. The smallest absolute Gasteiger partial charge is 0.137 e. The molecule has 0 fully saturated rings. The fraction of sp³-hybridized carbons (Fsp3) is 0.0182. The molecule has 0 aliphatic heterocycles. The number of hydrogen-bond donors (Lipinski definition) is 0.